The van der Waals surface area contributed by atoms with E-state index < -0.39 is 10.1 Å². The van der Waals surface area contributed by atoms with Crippen molar-refractivity contribution < 1.29 is 22.8 Å². The average molecular weight is 394 g/mol. The summed E-state index contributed by atoms with van der Waals surface area (Å²) in [5.41, 5.74) is 1.94. The summed E-state index contributed by atoms with van der Waals surface area (Å²) in [4.78, 5) is 4.03. The number of nitrogens with zero attached hydrogens (tertiary/aromatic N) is 1. The third kappa shape index (κ3) is 9.89. The summed E-state index contributed by atoms with van der Waals surface area (Å²) < 4.78 is 35.1. The van der Waals surface area contributed by atoms with Crippen LogP contribution in [0.25, 0.3) is 6.08 Å². The maximum Gasteiger partial charge on any atom is 0.294 e. The Morgan fingerprint density at radius 2 is 1.78 bits per heavy atom. The van der Waals surface area contributed by atoms with E-state index >= 15 is 0 Å². The second kappa shape index (κ2) is 10.8. The zero-order chi connectivity index (χ0) is 20.4. The minimum absolute atomic E-state index is 0.0666. The van der Waals surface area contributed by atoms with Crippen molar-refractivity contribution in [2.24, 2.45) is 0 Å². The molecule has 7 heteroatoms. The van der Waals surface area contributed by atoms with Crippen LogP contribution in [0.15, 0.2) is 53.7 Å². The Morgan fingerprint density at radius 3 is 2.30 bits per heavy atom. The van der Waals surface area contributed by atoms with E-state index in [4.69, 9.17) is 14.4 Å². The van der Waals surface area contributed by atoms with Crippen LogP contribution in [0.2, 0.25) is 0 Å². The Bertz CT molecular complexity index is 828. The van der Waals surface area contributed by atoms with Gasteiger partial charge in [0, 0.05) is 6.20 Å². The molecule has 6 nitrogen and oxygen atoms in total. The van der Waals surface area contributed by atoms with Gasteiger partial charge in [0.2, 0.25) is 0 Å². The molecular formula is C20H27NO5S. The van der Waals surface area contributed by atoms with Crippen molar-refractivity contribution in [1.29, 1.82) is 0 Å². The van der Waals surface area contributed by atoms with Gasteiger partial charge in [-0.2, -0.15) is 8.42 Å². The molecule has 2 aromatic rings. The zero-order valence-electron chi connectivity index (χ0n) is 16.0. The molecule has 27 heavy (non-hydrogen) atoms. The van der Waals surface area contributed by atoms with E-state index in [0.29, 0.717) is 6.42 Å². The standard InChI is InChI=1S/C13H19NO2.C7H8O3S/c1-10(2)16-13-7-12(8-14-9-13)6-4-5-11(3)15;1-6-2-4-7(5-3-6)11(8,9)10/h4,6-11,15H,5H2,1-3H3;2-5H,1H3,(H,8,9,10)/b6-4+;. The van der Waals surface area contributed by atoms with Gasteiger partial charge in [0.15, 0.2) is 0 Å². The molecule has 1 aromatic carbocycles. The Morgan fingerprint density at radius 1 is 1.15 bits per heavy atom. The molecule has 148 valence electrons. The van der Waals surface area contributed by atoms with Crippen molar-refractivity contribution in [1.82, 2.24) is 4.98 Å². The predicted molar refractivity (Wildman–Crippen MR) is 106 cm³/mol. The van der Waals surface area contributed by atoms with E-state index in [0.717, 1.165) is 16.9 Å². The van der Waals surface area contributed by atoms with Crippen LogP contribution in [0, 0.1) is 6.92 Å². The lowest BCUT2D eigenvalue weighted by molar-refractivity contribution is 0.199. The molecule has 1 unspecified atom stereocenters. The number of pyridine rings is 1. The van der Waals surface area contributed by atoms with Gasteiger partial charge in [-0.3, -0.25) is 9.54 Å². The molecule has 0 spiro atoms. The number of aliphatic hydroxyl groups is 1. The van der Waals surface area contributed by atoms with Gasteiger partial charge >= 0.3 is 0 Å². The molecule has 1 heterocycles. The van der Waals surface area contributed by atoms with E-state index in [1.54, 1.807) is 31.5 Å². The largest absolute Gasteiger partial charge is 0.489 e. The number of aromatic nitrogens is 1. The Kier molecular flexibility index (Phi) is 9.14. The highest BCUT2D eigenvalue weighted by molar-refractivity contribution is 7.85. The third-order valence-corrected chi connectivity index (χ3v) is 4.08. The molecule has 1 aromatic heterocycles. The van der Waals surface area contributed by atoms with Crippen molar-refractivity contribution in [3.8, 4) is 5.75 Å². The lowest BCUT2D eigenvalue weighted by Crippen LogP contribution is -2.05. The Labute approximate surface area is 161 Å². The zero-order valence-corrected chi connectivity index (χ0v) is 16.8. The average Bonchev–Trinajstić information content (AvgIpc) is 2.54. The van der Waals surface area contributed by atoms with E-state index in [-0.39, 0.29) is 17.1 Å². The van der Waals surface area contributed by atoms with Gasteiger partial charge in [-0.1, -0.05) is 29.8 Å². The summed E-state index contributed by atoms with van der Waals surface area (Å²) in [6.07, 6.45) is 7.83. The number of aryl methyl sites for hydroxylation is 1. The van der Waals surface area contributed by atoms with E-state index in [1.165, 1.54) is 12.1 Å². The topological polar surface area (TPSA) is 96.7 Å². The second-order valence-electron chi connectivity index (χ2n) is 6.40. The molecule has 2 N–H and O–H groups in total. The number of aliphatic hydroxyl groups excluding tert-OH is 1. The van der Waals surface area contributed by atoms with Gasteiger partial charge in [0.1, 0.15) is 5.75 Å². The van der Waals surface area contributed by atoms with Crippen LogP contribution in [-0.4, -0.2) is 35.3 Å². The molecule has 0 aliphatic rings. The highest BCUT2D eigenvalue weighted by atomic mass is 32.2. The van der Waals surface area contributed by atoms with Gasteiger partial charge in [-0.25, -0.2) is 0 Å². The van der Waals surface area contributed by atoms with Crippen LogP contribution in [0.1, 0.15) is 38.3 Å². The first-order valence-corrected chi connectivity index (χ1v) is 10.0. The van der Waals surface area contributed by atoms with Crippen LogP contribution in [-0.2, 0) is 10.1 Å². The van der Waals surface area contributed by atoms with E-state index in [9.17, 15) is 8.42 Å². The van der Waals surface area contributed by atoms with Crippen LogP contribution in [0.4, 0.5) is 0 Å². The molecule has 0 amide bonds. The summed E-state index contributed by atoms with van der Waals surface area (Å²) in [5, 5.41) is 9.11. The SMILES string of the molecule is CC(O)C/C=C/c1cncc(OC(C)C)c1.Cc1ccc(S(=O)(=O)O)cc1. The molecule has 0 fully saturated rings. The minimum Gasteiger partial charge on any atom is -0.489 e. The normalized spacial score (nSPS) is 12.6. The molecule has 0 bridgehead atoms. The molecule has 2 rings (SSSR count). The predicted octanol–water partition coefficient (Wildman–Crippen LogP) is 3.89. The second-order valence-corrected chi connectivity index (χ2v) is 7.82. The summed E-state index contributed by atoms with van der Waals surface area (Å²) in [6, 6.07) is 7.92. The number of hydrogen-bond donors (Lipinski definition) is 2. The van der Waals surface area contributed by atoms with Crippen molar-refractivity contribution >= 4 is 16.2 Å². The fourth-order valence-electron chi connectivity index (χ4n) is 1.97. The number of rotatable bonds is 6. The van der Waals surface area contributed by atoms with Crippen LogP contribution in [0.3, 0.4) is 0 Å². The van der Waals surface area contributed by atoms with Crippen molar-refractivity contribution in [2.75, 3.05) is 0 Å². The molecule has 0 aliphatic carbocycles. The summed E-state index contributed by atoms with van der Waals surface area (Å²) in [7, 11) is -4.02. The lowest BCUT2D eigenvalue weighted by atomic mass is 10.2. The molecule has 0 saturated carbocycles. The van der Waals surface area contributed by atoms with E-state index in [1.807, 2.05) is 39.0 Å². The molecule has 0 aliphatic heterocycles. The van der Waals surface area contributed by atoms with Crippen molar-refractivity contribution in [3.05, 3.63) is 59.9 Å². The maximum atomic E-state index is 10.5. The first kappa shape index (κ1) is 22.8. The highest BCUT2D eigenvalue weighted by Gasteiger charge is 2.06. The van der Waals surface area contributed by atoms with Crippen molar-refractivity contribution in [2.45, 2.75) is 51.2 Å². The highest BCUT2D eigenvalue weighted by Crippen LogP contribution is 2.14. The molecule has 0 radical (unpaired) electrons. The first-order valence-electron chi connectivity index (χ1n) is 8.58. The molecule has 0 saturated heterocycles. The maximum absolute atomic E-state index is 10.5. The quantitative estimate of drug-likeness (QED) is 0.723. The summed E-state index contributed by atoms with van der Waals surface area (Å²) in [5.74, 6) is 0.772. The summed E-state index contributed by atoms with van der Waals surface area (Å²) in [6.45, 7) is 7.57. The first-order chi connectivity index (χ1) is 12.6. The monoisotopic (exact) mass is 393 g/mol. The third-order valence-electron chi connectivity index (χ3n) is 3.21. The van der Waals surface area contributed by atoms with E-state index in [2.05, 4.69) is 4.98 Å². The smallest absolute Gasteiger partial charge is 0.294 e. The van der Waals surface area contributed by atoms with Crippen molar-refractivity contribution in [3.63, 3.8) is 0 Å². The van der Waals surface area contributed by atoms with Gasteiger partial charge in [0.05, 0.1) is 23.3 Å². The fourth-order valence-corrected chi connectivity index (χ4v) is 2.45. The summed E-state index contributed by atoms with van der Waals surface area (Å²) >= 11 is 0. The van der Waals surface area contributed by atoms with Gasteiger partial charge < -0.3 is 9.84 Å². The minimum atomic E-state index is -4.02. The van der Waals surface area contributed by atoms with Crippen LogP contribution < -0.4 is 4.74 Å². The number of ether oxygens (including phenoxy) is 1. The molecule has 1 atom stereocenters. The van der Waals surface area contributed by atoms with Crippen LogP contribution >= 0.6 is 0 Å². The van der Waals surface area contributed by atoms with Gasteiger partial charge in [0.25, 0.3) is 10.1 Å². The Balaban J connectivity index is 0.000000289. The fraction of sp³-hybridized carbons (Fsp3) is 0.350. The molecular weight excluding hydrogens is 366 g/mol. The Hall–Kier alpha value is -2.22. The van der Waals surface area contributed by atoms with Gasteiger partial charge in [-0.05, 0) is 57.9 Å². The van der Waals surface area contributed by atoms with Crippen LogP contribution in [0.5, 0.6) is 5.75 Å². The number of hydrogen-bond acceptors (Lipinski definition) is 5. The van der Waals surface area contributed by atoms with Gasteiger partial charge in [-0.15, -0.1) is 0 Å². The lowest BCUT2D eigenvalue weighted by Gasteiger charge is -2.09. The number of benzene rings is 1.